The van der Waals surface area contributed by atoms with E-state index in [4.69, 9.17) is 9.15 Å². The molecule has 0 unspecified atom stereocenters. The predicted molar refractivity (Wildman–Crippen MR) is 74.6 cm³/mol. The minimum atomic E-state index is 0.0578. The summed E-state index contributed by atoms with van der Waals surface area (Å²) in [5, 5.41) is 0. The number of likely N-dealkylation sites (N-methyl/N-ethyl adjacent to an activating group) is 1. The van der Waals surface area contributed by atoms with Crippen LogP contribution in [0.1, 0.15) is 23.2 Å². The van der Waals surface area contributed by atoms with Crippen molar-refractivity contribution in [3.8, 4) is 0 Å². The Morgan fingerprint density at radius 2 is 2.30 bits per heavy atom. The maximum absolute atomic E-state index is 12.5. The molecule has 5 nitrogen and oxygen atoms in total. The van der Waals surface area contributed by atoms with Crippen molar-refractivity contribution in [3.63, 3.8) is 0 Å². The Kier molecular flexibility index (Phi) is 4.08. The molecule has 5 heteroatoms. The zero-order valence-corrected chi connectivity index (χ0v) is 12.0. The summed E-state index contributed by atoms with van der Waals surface area (Å²) in [5.41, 5.74) is 0.634. The Hall–Kier alpha value is -1.33. The SMILES string of the molecule is CN1CCO[C@@H](CN(CC2CC2)C(=O)c2ccoc2)C1. The third-order valence-electron chi connectivity index (χ3n) is 4.00. The minimum absolute atomic E-state index is 0.0578. The molecule has 1 aromatic heterocycles. The molecule has 110 valence electrons. The minimum Gasteiger partial charge on any atom is -0.472 e. The molecule has 1 aliphatic carbocycles. The Labute approximate surface area is 119 Å². The highest BCUT2D eigenvalue weighted by Crippen LogP contribution is 2.30. The summed E-state index contributed by atoms with van der Waals surface area (Å²) < 4.78 is 10.8. The average molecular weight is 278 g/mol. The average Bonchev–Trinajstić information content (AvgIpc) is 3.08. The zero-order valence-electron chi connectivity index (χ0n) is 12.0. The summed E-state index contributed by atoms with van der Waals surface area (Å²) in [6.45, 7) is 4.12. The predicted octanol–water partition coefficient (Wildman–Crippen LogP) is 1.46. The van der Waals surface area contributed by atoms with Crippen LogP contribution in [0.4, 0.5) is 0 Å². The van der Waals surface area contributed by atoms with E-state index in [1.165, 1.54) is 19.1 Å². The number of carbonyl (C=O) groups excluding carboxylic acids is 1. The molecule has 2 aliphatic rings. The van der Waals surface area contributed by atoms with Crippen LogP contribution in [-0.4, -0.2) is 61.6 Å². The standard InChI is InChI=1S/C15H22N2O3/c1-16-5-7-20-14(9-16)10-17(8-12-2-3-12)15(18)13-4-6-19-11-13/h4,6,11-12,14H,2-3,5,7-10H2,1H3/t14-/m1/s1. The Bertz CT molecular complexity index is 442. The molecule has 1 saturated carbocycles. The highest BCUT2D eigenvalue weighted by molar-refractivity contribution is 5.93. The molecule has 0 bridgehead atoms. The van der Waals surface area contributed by atoms with Gasteiger partial charge in [0.2, 0.25) is 0 Å². The maximum atomic E-state index is 12.5. The van der Waals surface area contributed by atoms with Gasteiger partial charge in [-0.25, -0.2) is 0 Å². The summed E-state index contributed by atoms with van der Waals surface area (Å²) in [6.07, 6.45) is 5.66. The molecule has 0 N–H and O–H groups in total. The fourth-order valence-corrected chi connectivity index (χ4v) is 2.64. The number of hydrogen-bond acceptors (Lipinski definition) is 4. The second-order valence-electron chi connectivity index (χ2n) is 5.92. The molecule has 0 radical (unpaired) electrons. The van der Waals surface area contributed by atoms with Crippen LogP contribution < -0.4 is 0 Å². The molecule has 2 fully saturated rings. The highest BCUT2D eigenvalue weighted by atomic mass is 16.5. The molecule has 0 spiro atoms. The number of furan rings is 1. The van der Waals surface area contributed by atoms with Gasteiger partial charge in [0.05, 0.1) is 24.5 Å². The van der Waals surface area contributed by atoms with Crippen molar-refractivity contribution in [1.82, 2.24) is 9.80 Å². The van der Waals surface area contributed by atoms with E-state index in [9.17, 15) is 4.79 Å². The van der Waals surface area contributed by atoms with Crippen molar-refractivity contribution < 1.29 is 13.9 Å². The van der Waals surface area contributed by atoms with Crippen LogP contribution in [0.5, 0.6) is 0 Å². The lowest BCUT2D eigenvalue weighted by Crippen LogP contribution is -2.48. The van der Waals surface area contributed by atoms with E-state index in [0.717, 1.165) is 26.2 Å². The Morgan fingerprint density at radius 3 is 2.95 bits per heavy atom. The van der Waals surface area contributed by atoms with E-state index in [1.807, 2.05) is 4.90 Å². The summed E-state index contributed by atoms with van der Waals surface area (Å²) in [6, 6.07) is 1.73. The largest absolute Gasteiger partial charge is 0.472 e. The lowest BCUT2D eigenvalue weighted by molar-refractivity contribution is -0.0331. The molecular formula is C15H22N2O3. The Balaban J connectivity index is 1.64. The lowest BCUT2D eigenvalue weighted by atomic mass is 10.2. The second-order valence-corrected chi connectivity index (χ2v) is 5.92. The fraction of sp³-hybridized carbons (Fsp3) is 0.667. The van der Waals surface area contributed by atoms with Crippen molar-refractivity contribution in [3.05, 3.63) is 24.2 Å². The fourth-order valence-electron chi connectivity index (χ4n) is 2.64. The summed E-state index contributed by atoms with van der Waals surface area (Å²) >= 11 is 0. The summed E-state index contributed by atoms with van der Waals surface area (Å²) in [7, 11) is 2.10. The van der Waals surface area contributed by atoms with Gasteiger partial charge < -0.3 is 19.0 Å². The monoisotopic (exact) mass is 278 g/mol. The van der Waals surface area contributed by atoms with Crippen molar-refractivity contribution in [2.24, 2.45) is 5.92 Å². The van der Waals surface area contributed by atoms with Gasteiger partial charge in [-0.05, 0) is 31.9 Å². The number of amides is 1. The van der Waals surface area contributed by atoms with Gasteiger partial charge in [-0.2, -0.15) is 0 Å². The van der Waals surface area contributed by atoms with Crippen molar-refractivity contribution in [2.45, 2.75) is 18.9 Å². The van der Waals surface area contributed by atoms with Gasteiger partial charge in [-0.3, -0.25) is 4.79 Å². The van der Waals surface area contributed by atoms with Crippen LogP contribution in [0.15, 0.2) is 23.0 Å². The third-order valence-corrected chi connectivity index (χ3v) is 4.00. The van der Waals surface area contributed by atoms with E-state index >= 15 is 0 Å². The van der Waals surface area contributed by atoms with E-state index in [2.05, 4.69) is 11.9 Å². The van der Waals surface area contributed by atoms with Gasteiger partial charge >= 0.3 is 0 Å². The van der Waals surface area contributed by atoms with E-state index in [1.54, 1.807) is 12.3 Å². The molecule has 2 heterocycles. The summed E-state index contributed by atoms with van der Waals surface area (Å²) in [5.74, 6) is 0.731. The normalized spacial score (nSPS) is 23.8. The lowest BCUT2D eigenvalue weighted by Gasteiger charge is -2.34. The van der Waals surface area contributed by atoms with Gasteiger partial charge in [0.15, 0.2) is 0 Å². The van der Waals surface area contributed by atoms with Gasteiger partial charge in [0.1, 0.15) is 6.26 Å². The van der Waals surface area contributed by atoms with Crippen molar-refractivity contribution in [1.29, 1.82) is 0 Å². The number of hydrogen-bond donors (Lipinski definition) is 0. The molecule has 1 atom stereocenters. The van der Waals surface area contributed by atoms with Gasteiger partial charge in [-0.15, -0.1) is 0 Å². The van der Waals surface area contributed by atoms with Crippen molar-refractivity contribution in [2.75, 3.05) is 39.8 Å². The van der Waals surface area contributed by atoms with Gasteiger partial charge in [0, 0.05) is 26.2 Å². The number of rotatable bonds is 5. The first-order valence-electron chi connectivity index (χ1n) is 7.34. The second kappa shape index (κ2) is 5.97. The molecule has 1 saturated heterocycles. The first-order valence-corrected chi connectivity index (χ1v) is 7.34. The van der Waals surface area contributed by atoms with Gasteiger partial charge in [-0.1, -0.05) is 0 Å². The summed E-state index contributed by atoms with van der Waals surface area (Å²) in [4.78, 5) is 16.7. The number of ether oxygens (including phenoxy) is 1. The van der Waals surface area contributed by atoms with E-state index in [-0.39, 0.29) is 12.0 Å². The Morgan fingerprint density at radius 1 is 1.45 bits per heavy atom. The third kappa shape index (κ3) is 3.41. The van der Waals surface area contributed by atoms with Crippen LogP contribution in [0.25, 0.3) is 0 Å². The molecular weight excluding hydrogens is 256 g/mol. The van der Waals surface area contributed by atoms with Crippen molar-refractivity contribution >= 4 is 5.91 Å². The van der Waals surface area contributed by atoms with Crippen LogP contribution in [-0.2, 0) is 4.74 Å². The highest BCUT2D eigenvalue weighted by Gasteiger charge is 2.30. The van der Waals surface area contributed by atoms with Gasteiger partial charge in [0.25, 0.3) is 5.91 Å². The molecule has 1 aliphatic heterocycles. The van der Waals surface area contributed by atoms with E-state index in [0.29, 0.717) is 18.0 Å². The van der Waals surface area contributed by atoms with Crippen LogP contribution in [0.3, 0.4) is 0 Å². The zero-order chi connectivity index (χ0) is 13.9. The molecule has 1 aromatic rings. The van der Waals surface area contributed by atoms with Crippen LogP contribution >= 0.6 is 0 Å². The van der Waals surface area contributed by atoms with Crippen LogP contribution in [0.2, 0.25) is 0 Å². The van der Waals surface area contributed by atoms with Crippen LogP contribution in [0, 0.1) is 5.92 Å². The topological polar surface area (TPSA) is 45.9 Å². The molecule has 3 rings (SSSR count). The maximum Gasteiger partial charge on any atom is 0.257 e. The molecule has 1 amide bonds. The number of nitrogens with zero attached hydrogens (tertiary/aromatic N) is 2. The first-order chi connectivity index (χ1) is 9.72. The number of morpholine rings is 1. The van der Waals surface area contributed by atoms with E-state index < -0.39 is 0 Å². The quantitative estimate of drug-likeness (QED) is 0.818. The number of carbonyl (C=O) groups is 1. The molecule has 20 heavy (non-hydrogen) atoms. The smallest absolute Gasteiger partial charge is 0.257 e. The molecule has 0 aromatic carbocycles. The first kappa shape index (κ1) is 13.6.